The minimum atomic E-state index is -0.265. The van der Waals surface area contributed by atoms with Crippen LogP contribution in [-0.4, -0.2) is 24.1 Å². The first-order chi connectivity index (χ1) is 11.8. The van der Waals surface area contributed by atoms with E-state index in [1.807, 2.05) is 26.0 Å². The predicted octanol–water partition coefficient (Wildman–Crippen LogP) is 6.07. The third kappa shape index (κ3) is 4.87. The largest absolute Gasteiger partial charge is 0.415 e. The monoisotopic (exact) mass is 343 g/mol. The van der Waals surface area contributed by atoms with E-state index in [0.29, 0.717) is 30.2 Å². The molecule has 0 fully saturated rings. The molecule has 1 aromatic carbocycles. The standard InChI is InChI=1S/C22H33NO2/c1-7-23(8-2)21(24)25-20-14-9-16(3)15-19(20)17-10-12-18(13-11-17)22(4,5)6/h9-10,14-15,18H,7-8,11-13H2,1-6H3. The van der Waals surface area contributed by atoms with Crippen LogP contribution >= 0.6 is 0 Å². The van der Waals surface area contributed by atoms with Gasteiger partial charge in [-0.15, -0.1) is 0 Å². The third-order valence-corrected chi connectivity index (χ3v) is 5.34. The summed E-state index contributed by atoms with van der Waals surface area (Å²) in [6, 6.07) is 6.09. The van der Waals surface area contributed by atoms with E-state index in [-0.39, 0.29) is 6.09 Å². The number of rotatable bonds is 4. The molecule has 1 aliphatic rings. The number of carbonyl (C=O) groups excluding carboxylic acids is 1. The second kappa shape index (κ2) is 8.07. The van der Waals surface area contributed by atoms with Crippen molar-refractivity contribution in [2.75, 3.05) is 13.1 Å². The zero-order valence-corrected chi connectivity index (χ0v) is 16.7. The van der Waals surface area contributed by atoms with E-state index >= 15 is 0 Å². The molecule has 0 radical (unpaired) electrons. The molecule has 0 spiro atoms. The Labute approximate surface area is 153 Å². The van der Waals surface area contributed by atoms with Crippen molar-refractivity contribution in [3.8, 4) is 5.75 Å². The van der Waals surface area contributed by atoms with Gasteiger partial charge in [-0.25, -0.2) is 4.79 Å². The van der Waals surface area contributed by atoms with E-state index in [4.69, 9.17) is 4.74 Å². The summed E-state index contributed by atoms with van der Waals surface area (Å²) < 4.78 is 5.74. The smallest absolute Gasteiger partial charge is 0.410 e. The van der Waals surface area contributed by atoms with Crippen LogP contribution in [0.1, 0.15) is 65.0 Å². The lowest BCUT2D eigenvalue weighted by molar-refractivity contribution is 0.157. The molecule has 1 aliphatic carbocycles. The highest BCUT2D eigenvalue weighted by Crippen LogP contribution is 2.41. The van der Waals surface area contributed by atoms with Crippen LogP contribution in [0.4, 0.5) is 4.79 Å². The molecule has 1 aromatic rings. The molecule has 0 saturated carbocycles. The zero-order chi connectivity index (χ0) is 18.6. The highest BCUT2D eigenvalue weighted by molar-refractivity contribution is 5.77. The van der Waals surface area contributed by atoms with Gasteiger partial charge in [-0.05, 0) is 69.1 Å². The average molecular weight is 344 g/mol. The number of aryl methyl sites for hydroxylation is 1. The average Bonchev–Trinajstić information content (AvgIpc) is 2.57. The first-order valence-corrected chi connectivity index (χ1v) is 9.53. The fourth-order valence-electron chi connectivity index (χ4n) is 3.49. The summed E-state index contributed by atoms with van der Waals surface area (Å²) in [6.07, 6.45) is 5.41. The van der Waals surface area contributed by atoms with E-state index in [1.54, 1.807) is 4.90 Å². The van der Waals surface area contributed by atoms with E-state index < -0.39 is 0 Å². The van der Waals surface area contributed by atoms with E-state index in [2.05, 4.69) is 39.8 Å². The van der Waals surface area contributed by atoms with Crippen molar-refractivity contribution in [2.45, 2.75) is 60.8 Å². The van der Waals surface area contributed by atoms with Gasteiger partial charge >= 0.3 is 6.09 Å². The number of hydrogen-bond acceptors (Lipinski definition) is 2. The van der Waals surface area contributed by atoms with Gasteiger partial charge < -0.3 is 9.64 Å². The molecule has 3 nitrogen and oxygen atoms in total. The Hall–Kier alpha value is -1.77. The van der Waals surface area contributed by atoms with Crippen molar-refractivity contribution in [2.24, 2.45) is 11.3 Å². The number of hydrogen-bond donors (Lipinski definition) is 0. The highest BCUT2D eigenvalue weighted by Gasteiger charge is 2.27. The molecular weight excluding hydrogens is 310 g/mol. The SMILES string of the molecule is CCN(CC)C(=O)Oc1ccc(C)cc1C1=CCC(C(C)(C)C)CC1. The Balaban J connectivity index is 2.25. The summed E-state index contributed by atoms with van der Waals surface area (Å²) in [7, 11) is 0. The van der Waals surface area contributed by atoms with Gasteiger partial charge in [0.25, 0.3) is 0 Å². The molecule has 25 heavy (non-hydrogen) atoms. The Morgan fingerprint density at radius 1 is 1.24 bits per heavy atom. The van der Waals surface area contributed by atoms with Crippen molar-refractivity contribution < 1.29 is 9.53 Å². The summed E-state index contributed by atoms with van der Waals surface area (Å²) in [5.74, 6) is 1.39. The Morgan fingerprint density at radius 3 is 2.44 bits per heavy atom. The van der Waals surface area contributed by atoms with Gasteiger partial charge in [-0.1, -0.05) is 38.5 Å². The van der Waals surface area contributed by atoms with Gasteiger partial charge in [0.15, 0.2) is 0 Å². The maximum absolute atomic E-state index is 12.4. The predicted molar refractivity (Wildman–Crippen MR) is 105 cm³/mol. The minimum absolute atomic E-state index is 0.265. The number of amides is 1. The van der Waals surface area contributed by atoms with Gasteiger partial charge in [0.1, 0.15) is 5.75 Å². The van der Waals surface area contributed by atoms with Crippen LogP contribution in [0.15, 0.2) is 24.3 Å². The van der Waals surface area contributed by atoms with Crippen molar-refractivity contribution in [1.29, 1.82) is 0 Å². The zero-order valence-electron chi connectivity index (χ0n) is 16.7. The van der Waals surface area contributed by atoms with Gasteiger partial charge in [-0.3, -0.25) is 0 Å². The molecule has 0 saturated heterocycles. The fraction of sp³-hybridized carbons (Fsp3) is 0.591. The van der Waals surface area contributed by atoms with Crippen molar-refractivity contribution in [3.63, 3.8) is 0 Å². The molecule has 0 heterocycles. The van der Waals surface area contributed by atoms with Crippen LogP contribution in [0.5, 0.6) is 5.75 Å². The number of ether oxygens (including phenoxy) is 1. The number of benzene rings is 1. The number of allylic oxidation sites excluding steroid dienone is 2. The molecule has 3 heteroatoms. The van der Waals surface area contributed by atoms with Crippen molar-refractivity contribution in [3.05, 3.63) is 35.4 Å². The Bertz CT molecular complexity index is 636. The summed E-state index contributed by atoms with van der Waals surface area (Å²) in [6.45, 7) is 14.3. The number of carbonyl (C=O) groups is 1. The van der Waals surface area contributed by atoms with Gasteiger partial charge in [-0.2, -0.15) is 0 Å². The van der Waals surface area contributed by atoms with E-state index in [0.717, 1.165) is 18.4 Å². The fourth-order valence-corrected chi connectivity index (χ4v) is 3.49. The third-order valence-electron chi connectivity index (χ3n) is 5.34. The van der Waals surface area contributed by atoms with Crippen LogP contribution < -0.4 is 4.74 Å². The second-order valence-electron chi connectivity index (χ2n) is 8.11. The van der Waals surface area contributed by atoms with Crippen LogP contribution in [0.25, 0.3) is 5.57 Å². The molecule has 0 N–H and O–H groups in total. The van der Waals surface area contributed by atoms with Crippen molar-refractivity contribution in [1.82, 2.24) is 4.90 Å². The highest BCUT2D eigenvalue weighted by atomic mass is 16.6. The Kier molecular flexibility index (Phi) is 6.31. The van der Waals surface area contributed by atoms with Crippen LogP contribution in [0, 0.1) is 18.3 Å². The molecule has 1 amide bonds. The van der Waals surface area contributed by atoms with Crippen LogP contribution in [0.3, 0.4) is 0 Å². The summed E-state index contributed by atoms with van der Waals surface area (Å²) in [5, 5.41) is 0. The summed E-state index contributed by atoms with van der Waals surface area (Å²) >= 11 is 0. The molecule has 0 bridgehead atoms. The summed E-state index contributed by atoms with van der Waals surface area (Å²) in [4.78, 5) is 14.1. The number of nitrogens with zero attached hydrogens (tertiary/aromatic N) is 1. The lowest BCUT2D eigenvalue weighted by Gasteiger charge is -2.33. The van der Waals surface area contributed by atoms with E-state index in [9.17, 15) is 4.79 Å². The molecular formula is C22H33NO2. The molecule has 0 aliphatic heterocycles. The minimum Gasteiger partial charge on any atom is -0.410 e. The molecule has 1 atom stereocenters. The molecule has 1 unspecified atom stereocenters. The molecule has 138 valence electrons. The first kappa shape index (κ1) is 19.6. The lowest BCUT2D eigenvalue weighted by atomic mass is 9.72. The maximum atomic E-state index is 12.4. The molecule has 2 rings (SSSR count). The Morgan fingerprint density at radius 2 is 1.92 bits per heavy atom. The lowest BCUT2D eigenvalue weighted by Crippen LogP contribution is -2.33. The van der Waals surface area contributed by atoms with Gasteiger partial charge in [0.2, 0.25) is 0 Å². The van der Waals surface area contributed by atoms with Crippen molar-refractivity contribution >= 4 is 11.7 Å². The second-order valence-corrected chi connectivity index (χ2v) is 8.11. The van der Waals surface area contributed by atoms with Crippen LogP contribution in [-0.2, 0) is 0 Å². The van der Waals surface area contributed by atoms with Crippen LogP contribution in [0.2, 0.25) is 0 Å². The normalized spacial score (nSPS) is 17.8. The van der Waals surface area contributed by atoms with E-state index in [1.165, 1.54) is 17.6 Å². The maximum Gasteiger partial charge on any atom is 0.415 e. The quantitative estimate of drug-likeness (QED) is 0.664. The first-order valence-electron chi connectivity index (χ1n) is 9.53. The summed E-state index contributed by atoms with van der Waals surface area (Å²) in [5.41, 5.74) is 3.92. The molecule has 0 aromatic heterocycles. The van der Waals surface area contributed by atoms with Gasteiger partial charge in [0.05, 0.1) is 0 Å². The van der Waals surface area contributed by atoms with Gasteiger partial charge in [0, 0.05) is 18.7 Å². The topological polar surface area (TPSA) is 29.5 Å².